The van der Waals surface area contributed by atoms with E-state index in [1.807, 2.05) is 20.3 Å². The zero-order chi connectivity index (χ0) is 23.1. The molecule has 0 atom stereocenters. The molecule has 1 aliphatic rings. The summed E-state index contributed by atoms with van der Waals surface area (Å²) < 4.78 is 2.10. The molecule has 3 nitrogen and oxygen atoms in total. The zero-order valence-corrected chi connectivity index (χ0v) is 20.6. The lowest BCUT2D eigenvalue weighted by Gasteiger charge is -2.18. The minimum Gasteiger partial charge on any atom is -0.351 e. The molecule has 0 saturated heterocycles. The molecule has 0 aliphatic heterocycles. The number of hydrogen-bond donors (Lipinski definition) is 0. The van der Waals surface area contributed by atoms with Crippen molar-refractivity contribution in [3.8, 4) is 0 Å². The second kappa shape index (κ2) is 11.2. The predicted octanol–water partition coefficient (Wildman–Crippen LogP) is 7.50. The van der Waals surface area contributed by atoms with E-state index in [2.05, 4.69) is 79.6 Å². The minimum atomic E-state index is 0.861. The quantitative estimate of drug-likeness (QED) is 0.293. The number of hydrogen-bond acceptors (Lipinski definition) is 2. The van der Waals surface area contributed by atoms with Crippen LogP contribution in [0.2, 0.25) is 0 Å². The highest BCUT2D eigenvalue weighted by molar-refractivity contribution is 5.89. The second-order valence-corrected chi connectivity index (χ2v) is 9.13. The summed E-state index contributed by atoms with van der Waals surface area (Å²) in [5, 5.41) is 7.14. The van der Waals surface area contributed by atoms with Crippen molar-refractivity contribution in [3.63, 3.8) is 0 Å². The molecule has 1 aromatic heterocycles. The topological polar surface area (TPSA) is 20.5 Å². The van der Waals surface area contributed by atoms with Gasteiger partial charge >= 0.3 is 0 Å². The number of aromatic nitrogens is 1. The maximum Gasteiger partial charge on any atom is 0.0547 e. The summed E-state index contributed by atoms with van der Waals surface area (Å²) in [6.45, 7) is 10.5. The highest BCUT2D eigenvalue weighted by Gasteiger charge is 2.20. The summed E-state index contributed by atoms with van der Waals surface area (Å²) in [5.74, 6) is 0.861. The lowest BCUT2D eigenvalue weighted by Crippen LogP contribution is -2.02. The van der Waals surface area contributed by atoms with Gasteiger partial charge in [-0.15, -0.1) is 0 Å². The van der Waals surface area contributed by atoms with E-state index in [0.717, 1.165) is 11.5 Å². The van der Waals surface area contributed by atoms with Crippen molar-refractivity contribution in [1.29, 1.82) is 0 Å². The number of aryl methyl sites for hydroxylation is 3. The molecule has 0 spiro atoms. The van der Waals surface area contributed by atoms with E-state index in [1.54, 1.807) is 22.3 Å². The Hall–Kier alpha value is -2.81. The maximum atomic E-state index is 4.21. The van der Waals surface area contributed by atoms with E-state index < -0.39 is 0 Å². The third kappa shape index (κ3) is 5.91. The van der Waals surface area contributed by atoms with Crippen LogP contribution >= 0.6 is 0 Å². The van der Waals surface area contributed by atoms with Gasteiger partial charge in [0.05, 0.1) is 6.21 Å². The van der Waals surface area contributed by atoms with Crippen LogP contribution < -0.4 is 0 Å². The summed E-state index contributed by atoms with van der Waals surface area (Å²) >= 11 is 0. The molecule has 3 aromatic rings. The first kappa shape index (κ1) is 23.8. The lowest BCUT2D eigenvalue weighted by atomic mass is 9.87. The molecule has 1 aliphatic carbocycles. The van der Waals surface area contributed by atoms with Crippen LogP contribution in [0.15, 0.2) is 60.5 Å². The van der Waals surface area contributed by atoms with Crippen LogP contribution in [0.3, 0.4) is 0 Å². The molecular weight excluding hydrogens is 390 g/mol. The van der Waals surface area contributed by atoms with Gasteiger partial charge in [0, 0.05) is 32.0 Å². The molecule has 0 radical (unpaired) electrons. The first-order valence-corrected chi connectivity index (χ1v) is 12.0. The number of nitrogens with zero attached hydrogens (tertiary/aromatic N) is 3. The smallest absolute Gasteiger partial charge is 0.0547 e. The predicted molar refractivity (Wildman–Crippen MR) is 140 cm³/mol. The van der Waals surface area contributed by atoms with Gasteiger partial charge < -0.3 is 4.57 Å². The van der Waals surface area contributed by atoms with Crippen molar-refractivity contribution < 1.29 is 0 Å². The minimum absolute atomic E-state index is 0.861. The highest BCUT2D eigenvalue weighted by atomic mass is 15.4. The van der Waals surface area contributed by atoms with Crippen molar-refractivity contribution in [2.75, 3.05) is 7.05 Å². The van der Waals surface area contributed by atoms with Crippen LogP contribution in [0.1, 0.15) is 72.8 Å². The molecule has 170 valence electrons. The van der Waals surface area contributed by atoms with Crippen molar-refractivity contribution in [3.05, 3.63) is 83.2 Å². The molecule has 32 heavy (non-hydrogen) atoms. The molecule has 1 heterocycles. The number of rotatable bonds is 6. The number of fused-ring (bicyclic) bond motifs is 1. The fourth-order valence-corrected chi connectivity index (χ4v) is 4.79. The van der Waals surface area contributed by atoms with Gasteiger partial charge in [-0.1, -0.05) is 62.6 Å². The Labute approximate surface area is 194 Å². The van der Waals surface area contributed by atoms with E-state index in [4.69, 9.17) is 0 Å². The zero-order valence-electron chi connectivity index (χ0n) is 20.6. The Kier molecular flexibility index (Phi) is 8.33. The van der Waals surface area contributed by atoms with E-state index in [0.29, 0.717) is 0 Å². The molecule has 0 unspecified atom stereocenters. The Morgan fingerprint density at radius 2 is 1.88 bits per heavy atom. The summed E-state index contributed by atoms with van der Waals surface area (Å²) in [5.41, 5.74) is 8.59. The fourth-order valence-electron chi connectivity index (χ4n) is 4.79. The van der Waals surface area contributed by atoms with Gasteiger partial charge in [0.2, 0.25) is 0 Å². The first-order chi connectivity index (χ1) is 15.4. The Morgan fingerprint density at radius 3 is 2.56 bits per heavy atom. The Bertz CT molecular complexity index is 1070. The monoisotopic (exact) mass is 429 g/mol. The summed E-state index contributed by atoms with van der Waals surface area (Å²) in [6, 6.07) is 13.2. The van der Waals surface area contributed by atoms with Crippen LogP contribution in [-0.4, -0.2) is 22.8 Å². The fraction of sp³-hybridized carbons (Fsp3) is 0.414. The van der Waals surface area contributed by atoms with E-state index >= 15 is 0 Å². The third-order valence-corrected chi connectivity index (χ3v) is 6.51. The van der Waals surface area contributed by atoms with Gasteiger partial charge in [-0.3, -0.25) is 5.01 Å². The van der Waals surface area contributed by atoms with Crippen LogP contribution in [-0.2, 0) is 13.5 Å². The molecule has 2 aromatic carbocycles. The highest BCUT2D eigenvalue weighted by Crippen LogP contribution is 2.37. The summed E-state index contributed by atoms with van der Waals surface area (Å²) in [7, 11) is 3.89. The summed E-state index contributed by atoms with van der Waals surface area (Å²) in [4.78, 5) is 0. The van der Waals surface area contributed by atoms with Gasteiger partial charge in [-0.05, 0) is 78.8 Å². The first-order valence-electron chi connectivity index (χ1n) is 12.0. The van der Waals surface area contributed by atoms with Crippen molar-refractivity contribution in [2.24, 2.45) is 12.1 Å². The Balaban J connectivity index is 0.000000181. The van der Waals surface area contributed by atoms with Gasteiger partial charge in [0.25, 0.3) is 0 Å². The summed E-state index contributed by atoms with van der Waals surface area (Å²) in [6.07, 6.45) is 13.8. The molecular formula is C29H39N3. The normalized spacial score (nSPS) is 14.0. The molecule has 4 rings (SSSR count). The largest absolute Gasteiger partial charge is 0.351 e. The molecule has 3 heteroatoms. The standard InChI is InChI=1S/C16H24.C13H15N3/c1-4-7-15-13(3)10-12(2)11-16(15)14-8-5-6-9-14;1-4-16(3)14-10-11-5-6-12-7-8-15(2)13(12)9-11/h10-11,14H,4-9H2,1-3H3;4-10H,1H2,2-3H3/b;14-10+. The van der Waals surface area contributed by atoms with Crippen LogP contribution in [0.4, 0.5) is 0 Å². The molecule has 0 N–H and O–H groups in total. The maximum absolute atomic E-state index is 4.21. The average Bonchev–Trinajstić information content (AvgIpc) is 3.44. The molecule has 1 saturated carbocycles. The lowest BCUT2D eigenvalue weighted by molar-refractivity contribution is 0.495. The van der Waals surface area contributed by atoms with Crippen LogP contribution in [0.25, 0.3) is 10.9 Å². The molecule has 1 fully saturated rings. The molecule has 0 amide bonds. The molecule has 0 bridgehead atoms. The van der Waals surface area contributed by atoms with Crippen molar-refractivity contribution >= 4 is 17.1 Å². The van der Waals surface area contributed by atoms with Crippen molar-refractivity contribution in [2.45, 2.75) is 65.2 Å². The van der Waals surface area contributed by atoms with Gasteiger partial charge in [0.15, 0.2) is 0 Å². The van der Waals surface area contributed by atoms with Gasteiger partial charge in [0.1, 0.15) is 0 Å². The van der Waals surface area contributed by atoms with Gasteiger partial charge in [-0.25, -0.2) is 0 Å². The average molecular weight is 430 g/mol. The SMILES string of the molecule is C=CN(C)/N=C/c1ccc2ccn(C)c2c1.CCCc1c(C)cc(C)cc1C1CCCC1. The van der Waals surface area contributed by atoms with Gasteiger partial charge in [-0.2, -0.15) is 5.10 Å². The van der Waals surface area contributed by atoms with E-state index in [-0.39, 0.29) is 0 Å². The van der Waals surface area contributed by atoms with E-state index in [1.165, 1.54) is 60.6 Å². The Morgan fingerprint density at radius 1 is 1.12 bits per heavy atom. The number of hydrazone groups is 1. The van der Waals surface area contributed by atoms with E-state index in [9.17, 15) is 0 Å². The van der Waals surface area contributed by atoms with Crippen LogP contribution in [0.5, 0.6) is 0 Å². The number of benzene rings is 2. The second-order valence-electron chi connectivity index (χ2n) is 9.13. The van der Waals surface area contributed by atoms with Crippen molar-refractivity contribution in [1.82, 2.24) is 9.58 Å². The third-order valence-electron chi connectivity index (χ3n) is 6.51. The van der Waals surface area contributed by atoms with Crippen LogP contribution in [0, 0.1) is 13.8 Å².